The molecule has 2 rings (SSSR count). The standard InChI is InChI=1S/C14H15N2O4P/c17-14(18)8-12-5-1-2-6-13(12)16-21(19,20)10-11-4-3-7-15-9-11/h1-7,9H,8,10H2,(H,17,18)(H2,16,19,20). The average Bonchev–Trinajstić information content (AvgIpc) is 2.41. The number of aromatic nitrogens is 1. The van der Waals surface area contributed by atoms with Gasteiger partial charge in [0, 0.05) is 18.1 Å². The van der Waals surface area contributed by atoms with Gasteiger partial charge in [-0.1, -0.05) is 24.3 Å². The van der Waals surface area contributed by atoms with E-state index in [9.17, 15) is 14.3 Å². The van der Waals surface area contributed by atoms with Gasteiger partial charge in [0.2, 0.25) is 0 Å². The van der Waals surface area contributed by atoms with Crippen LogP contribution < -0.4 is 5.09 Å². The zero-order chi connectivity index (χ0) is 15.3. The lowest BCUT2D eigenvalue weighted by atomic mass is 10.1. The number of benzene rings is 1. The molecule has 3 N–H and O–H groups in total. The molecule has 6 nitrogen and oxygen atoms in total. The van der Waals surface area contributed by atoms with Crippen LogP contribution in [-0.2, 0) is 21.9 Å². The predicted molar refractivity (Wildman–Crippen MR) is 79.2 cm³/mol. The maximum atomic E-state index is 12.3. The van der Waals surface area contributed by atoms with Crippen molar-refractivity contribution in [1.29, 1.82) is 0 Å². The summed E-state index contributed by atoms with van der Waals surface area (Å²) in [5.74, 6) is -0.996. The van der Waals surface area contributed by atoms with Crippen LogP contribution in [0.15, 0.2) is 48.8 Å². The van der Waals surface area contributed by atoms with Crippen LogP contribution in [-0.4, -0.2) is 21.0 Å². The predicted octanol–water partition coefficient (Wildman–Crippen LogP) is 2.51. The van der Waals surface area contributed by atoms with Gasteiger partial charge in [0.25, 0.3) is 7.52 Å². The SMILES string of the molecule is O=C(O)Cc1ccccc1NP(=O)(O)Cc1cccnc1. The maximum Gasteiger partial charge on any atom is 0.307 e. The topological polar surface area (TPSA) is 99.5 Å². The summed E-state index contributed by atoms with van der Waals surface area (Å²) in [4.78, 5) is 24.8. The van der Waals surface area contributed by atoms with Gasteiger partial charge in [0.1, 0.15) is 0 Å². The molecule has 2 aromatic rings. The molecule has 1 atom stereocenters. The van der Waals surface area contributed by atoms with E-state index in [1.54, 1.807) is 42.6 Å². The molecule has 0 aliphatic rings. The van der Waals surface area contributed by atoms with Crippen molar-refractivity contribution in [2.75, 3.05) is 5.09 Å². The minimum Gasteiger partial charge on any atom is -0.481 e. The van der Waals surface area contributed by atoms with E-state index in [0.717, 1.165) is 0 Å². The molecule has 0 fully saturated rings. The molecule has 1 aromatic heterocycles. The molecule has 0 saturated heterocycles. The second kappa shape index (κ2) is 6.52. The Hall–Kier alpha value is -2.17. The summed E-state index contributed by atoms with van der Waals surface area (Å²) in [7, 11) is -3.69. The molecule has 0 aliphatic heterocycles. The zero-order valence-electron chi connectivity index (χ0n) is 11.1. The van der Waals surface area contributed by atoms with Crippen LogP contribution in [0.5, 0.6) is 0 Å². The van der Waals surface area contributed by atoms with Gasteiger partial charge in [0.05, 0.1) is 12.6 Å². The Bertz CT molecular complexity index is 676. The second-order valence-electron chi connectivity index (χ2n) is 4.56. The van der Waals surface area contributed by atoms with Gasteiger partial charge in [-0.15, -0.1) is 0 Å². The number of para-hydroxylation sites is 1. The lowest BCUT2D eigenvalue weighted by molar-refractivity contribution is -0.136. The van der Waals surface area contributed by atoms with Crippen molar-refractivity contribution in [2.24, 2.45) is 0 Å². The summed E-state index contributed by atoms with van der Waals surface area (Å²) in [6.45, 7) is 0. The van der Waals surface area contributed by atoms with Crippen LogP contribution in [0.2, 0.25) is 0 Å². The largest absolute Gasteiger partial charge is 0.481 e. The van der Waals surface area contributed by atoms with Gasteiger partial charge >= 0.3 is 5.97 Å². The molecular weight excluding hydrogens is 291 g/mol. The molecule has 1 unspecified atom stereocenters. The Balaban J connectivity index is 2.17. The average molecular weight is 306 g/mol. The lowest BCUT2D eigenvalue weighted by Gasteiger charge is -2.16. The van der Waals surface area contributed by atoms with Crippen LogP contribution in [0, 0.1) is 0 Å². The molecule has 1 heterocycles. The van der Waals surface area contributed by atoms with E-state index in [1.165, 1.54) is 6.20 Å². The second-order valence-corrected chi connectivity index (χ2v) is 6.50. The molecule has 7 heteroatoms. The summed E-state index contributed by atoms with van der Waals surface area (Å²) in [6.07, 6.45) is 2.81. The lowest BCUT2D eigenvalue weighted by Crippen LogP contribution is -2.06. The summed E-state index contributed by atoms with van der Waals surface area (Å²) >= 11 is 0. The first-order chi connectivity index (χ1) is 9.96. The summed E-state index contributed by atoms with van der Waals surface area (Å²) in [5.41, 5.74) is 1.45. The third kappa shape index (κ3) is 4.70. The van der Waals surface area contributed by atoms with Crippen molar-refractivity contribution in [2.45, 2.75) is 12.6 Å². The first kappa shape index (κ1) is 15.2. The van der Waals surface area contributed by atoms with Crippen molar-refractivity contribution < 1.29 is 19.4 Å². The number of carboxylic acids is 1. The fraction of sp³-hybridized carbons (Fsp3) is 0.143. The van der Waals surface area contributed by atoms with E-state index in [4.69, 9.17) is 5.11 Å². The Morgan fingerprint density at radius 3 is 2.67 bits per heavy atom. The molecule has 21 heavy (non-hydrogen) atoms. The van der Waals surface area contributed by atoms with E-state index < -0.39 is 13.5 Å². The van der Waals surface area contributed by atoms with Gasteiger partial charge in [0.15, 0.2) is 0 Å². The molecule has 1 aromatic carbocycles. The maximum absolute atomic E-state index is 12.3. The number of anilines is 1. The van der Waals surface area contributed by atoms with Gasteiger partial charge in [-0.3, -0.25) is 14.3 Å². The summed E-state index contributed by atoms with van der Waals surface area (Å²) < 4.78 is 12.3. The van der Waals surface area contributed by atoms with Crippen molar-refractivity contribution >= 4 is 19.2 Å². The van der Waals surface area contributed by atoms with E-state index in [-0.39, 0.29) is 12.6 Å². The van der Waals surface area contributed by atoms with Crippen LogP contribution in [0.1, 0.15) is 11.1 Å². The molecule has 0 saturated carbocycles. The Morgan fingerprint density at radius 2 is 2.00 bits per heavy atom. The monoisotopic (exact) mass is 306 g/mol. The Kier molecular flexibility index (Phi) is 4.73. The zero-order valence-corrected chi connectivity index (χ0v) is 12.0. The van der Waals surface area contributed by atoms with Crippen LogP contribution in [0.3, 0.4) is 0 Å². The van der Waals surface area contributed by atoms with Crippen LogP contribution in [0.4, 0.5) is 5.69 Å². The molecule has 0 aliphatic carbocycles. The van der Waals surface area contributed by atoms with Gasteiger partial charge in [-0.2, -0.15) is 0 Å². The van der Waals surface area contributed by atoms with E-state index in [0.29, 0.717) is 16.8 Å². The number of nitrogens with zero attached hydrogens (tertiary/aromatic N) is 1. The molecule has 0 bridgehead atoms. The van der Waals surface area contributed by atoms with Crippen molar-refractivity contribution in [1.82, 2.24) is 4.98 Å². The van der Waals surface area contributed by atoms with Gasteiger partial charge in [-0.25, -0.2) is 0 Å². The molecule has 0 amide bonds. The highest BCUT2D eigenvalue weighted by molar-refractivity contribution is 7.58. The number of pyridine rings is 1. The van der Waals surface area contributed by atoms with Crippen LogP contribution in [0.25, 0.3) is 0 Å². The quantitative estimate of drug-likeness (QED) is 0.709. The van der Waals surface area contributed by atoms with Gasteiger partial charge < -0.3 is 15.1 Å². The first-order valence-corrected chi connectivity index (χ1v) is 8.09. The minimum absolute atomic E-state index is 0.0811. The number of carbonyl (C=O) groups is 1. The summed E-state index contributed by atoms with van der Waals surface area (Å²) in [5, 5.41) is 11.4. The number of rotatable bonds is 6. The van der Waals surface area contributed by atoms with Crippen LogP contribution >= 0.6 is 7.52 Å². The number of hydrogen-bond donors (Lipinski definition) is 3. The number of nitrogens with one attached hydrogen (secondary N) is 1. The highest BCUT2D eigenvalue weighted by Crippen LogP contribution is 2.44. The smallest absolute Gasteiger partial charge is 0.307 e. The fourth-order valence-electron chi connectivity index (χ4n) is 1.91. The highest BCUT2D eigenvalue weighted by Gasteiger charge is 2.20. The first-order valence-electron chi connectivity index (χ1n) is 6.25. The molecule has 0 spiro atoms. The van der Waals surface area contributed by atoms with E-state index in [1.807, 2.05) is 0 Å². The summed E-state index contributed by atoms with van der Waals surface area (Å²) in [6, 6.07) is 9.96. The minimum atomic E-state index is -3.69. The number of hydrogen-bond acceptors (Lipinski definition) is 3. The number of carboxylic acid groups (broad SMARTS) is 1. The molecule has 0 radical (unpaired) electrons. The van der Waals surface area contributed by atoms with Gasteiger partial charge in [-0.05, 0) is 23.3 Å². The van der Waals surface area contributed by atoms with Crippen molar-refractivity contribution in [3.05, 3.63) is 59.9 Å². The van der Waals surface area contributed by atoms with Crippen molar-refractivity contribution in [3.8, 4) is 0 Å². The molecular formula is C14H15N2O4P. The number of aliphatic carboxylic acids is 1. The Labute approximate surface area is 122 Å². The third-order valence-corrected chi connectivity index (χ3v) is 4.16. The van der Waals surface area contributed by atoms with E-state index in [2.05, 4.69) is 10.1 Å². The third-order valence-electron chi connectivity index (χ3n) is 2.77. The highest BCUT2D eigenvalue weighted by atomic mass is 31.2. The molecule has 110 valence electrons. The van der Waals surface area contributed by atoms with Crippen molar-refractivity contribution in [3.63, 3.8) is 0 Å². The van der Waals surface area contributed by atoms with E-state index >= 15 is 0 Å². The Morgan fingerprint density at radius 1 is 1.24 bits per heavy atom. The fourth-order valence-corrected chi connectivity index (χ4v) is 3.27. The normalized spacial score (nSPS) is 13.4.